The SMILES string of the molecule is c1cncc(-c2ncc(-c3ccco3)c(-c3ccco3)n2)c1. The molecule has 5 nitrogen and oxygen atoms in total. The van der Waals surface area contributed by atoms with Crippen molar-refractivity contribution >= 4 is 0 Å². The van der Waals surface area contributed by atoms with Crippen LogP contribution in [0.15, 0.2) is 76.3 Å². The van der Waals surface area contributed by atoms with Gasteiger partial charge in [-0.2, -0.15) is 0 Å². The Kier molecular flexibility index (Phi) is 3.01. The van der Waals surface area contributed by atoms with Gasteiger partial charge in [0.2, 0.25) is 0 Å². The van der Waals surface area contributed by atoms with E-state index in [0.29, 0.717) is 23.0 Å². The van der Waals surface area contributed by atoms with Crippen molar-refractivity contribution in [2.45, 2.75) is 0 Å². The highest BCUT2D eigenvalue weighted by atomic mass is 16.3. The predicted octanol–water partition coefficient (Wildman–Crippen LogP) is 4.06. The largest absolute Gasteiger partial charge is 0.464 e. The van der Waals surface area contributed by atoms with Crippen molar-refractivity contribution in [1.82, 2.24) is 15.0 Å². The molecule has 0 atom stereocenters. The van der Waals surface area contributed by atoms with Gasteiger partial charge in [-0.3, -0.25) is 4.98 Å². The van der Waals surface area contributed by atoms with Gasteiger partial charge in [0.1, 0.15) is 11.5 Å². The molecule has 0 saturated heterocycles. The average Bonchev–Trinajstić information content (AvgIpc) is 3.29. The summed E-state index contributed by atoms with van der Waals surface area (Å²) < 4.78 is 11.0. The molecule has 0 saturated carbocycles. The molecule has 4 heterocycles. The van der Waals surface area contributed by atoms with Gasteiger partial charge in [-0.05, 0) is 36.4 Å². The van der Waals surface area contributed by atoms with Gasteiger partial charge in [0.05, 0.1) is 18.1 Å². The highest BCUT2D eigenvalue weighted by molar-refractivity contribution is 5.76. The molecule has 4 rings (SSSR count). The van der Waals surface area contributed by atoms with Crippen LogP contribution >= 0.6 is 0 Å². The maximum atomic E-state index is 5.50. The first-order valence-corrected chi connectivity index (χ1v) is 6.77. The minimum absolute atomic E-state index is 0.592. The second kappa shape index (κ2) is 5.29. The first-order valence-electron chi connectivity index (χ1n) is 6.77. The Labute approximate surface area is 126 Å². The molecule has 0 aromatic carbocycles. The lowest BCUT2D eigenvalue weighted by Gasteiger charge is -2.06. The molecule has 4 aromatic heterocycles. The zero-order chi connectivity index (χ0) is 14.8. The Morgan fingerprint density at radius 3 is 2.32 bits per heavy atom. The Hall–Kier alpha value is -3.21. The second-order valence-electron chi connectivity index (χ2n) is 4.65. The summed E-state index contributed by atoms with van der Waals surface area (Å²) in [6.45, 7) is 0. The summed E-state index contributed by atoms with van der Waals surface area (Å²) in [7, 11) is 0. The van der Waals surface area contributed by atoms with Gasteiger partial charge in [-0.25, -0.2) is 9.97 Å². The van der Waals surface area contributed by atoms with Crippen molar-refractivity contribution in [1.29, 1.82) is 0 Å². The summed E-state index contributed by atoms with van der Waals surface area (Å²) in [5.41, 5.74) is 2.32. The summed E-state index contributed by atoms with van der Waals surface area (Å²) in [5.74, 6) is 1.96. The molecule has 106 valence electrons. The first kappa shape index (κ1) is 12.5. The van der Waals surface area contributed by atoms with Crippen molar-refractivity contribution in [2.24, 2.45) is 0 Å². The Bertz CT molecular complexity index is 870. The van der Waals surface area contributed by atoms with Crippen LogP contribution in [0.25, 0.3) is 34.2 Å². The number of hydrogen-bond acceptors (Lipinski definition) is 5. The van der Waals surface area contributed by atoms with E-state index in [9.17, 15) is 0 Å². The lowest BCUT2D eigenvalue weighted by Crippen LogP contribution is -1.95. The third-order valence-electron chi connectivity index (χ3n) is 3.25. The molecule has 5 heteroatoms. The number of pyridine rings is 1. The summed E-state index contributed by atoms with van der Waals surface area (Å²) in [4.78, 5) is 13.2. The highest BCUT2D eigenvalue weighted by Crippen LogP contribution is 2.32. The normalized spacial score (nSPS) is 10.7. The molecule has 0 spiro atoms. The number of aromatic nitrogens is 3. The van der Waals surface area contributed by atoms with Crippen LogP contribution < -0.4 is 0 Å². The van der Waals surface area contributed by atoms with E-state index in [0.717, 1.165) is 11.1 Å². The fourth-order valence-electron chi connectivity index (χ4n) is 2.23. The van der Waals surface area contributed by atoms with Crippen LogP contribution in [0.1, 0.15) is 0 Å². The third-order valence-corrected chi connectivity index (χ3v) is 3.25. The van der Waals surface area contributed by atoms with E-state index in [4.69, 9.17) is 8.83 Å². The van der Waals surface area contributed by atoms with E-state index in [2.05, 4.69) is 15.0 Å². The Morgan fingerprint density at radius 1 is 0.818 bits per heavy atom. The third kappa shape index (κ3) is 2.18. The molecule has 0 aliphatic rings. The summed E-state index contributed by atoms with van der Waals surface area (Å²) in [6.07, 6.45) is 8.43. The Balaban J connectivity index is 1.91. The van der Waals surface area contributed by atoms with Crippen molar-refractivity contribution in [3.05, 3.63) is 67.5 Å². The fourth-order valence-corrected chi connectivity index (χ4v) is 2.23. The van der Waals surface area contributed by atoms with Crippen LogP contribution in [-0.2, 0) is 0 Å². The lowest BCUT2D eigenvalue weighted by atomic mass is 10.1. The molecule has 0 unspecified atom stereocenters. The van der Waals surface area contributed by atoms with E-state index in [1.807, 2.05) is 36.4 Å². The molecule has 0 bridgehead atoms. The highest BCUT2D eigenvalue weighted by Gasteiger charge is 2.16. The maximum absolute atomic E-state index is 5.50. The van der Waals surface area contributed by atoms with E-state index in [-0.39, 0.29) is 0 Å². The van der Waals surface area contributed by atoms with E-state index >= 15 is 0 Å². The van der Waals surface area contributed by atoms with Crippen LogP contribution in [0.3, 0.4) is 0 Å². The monoisotopic (exact) mass is 289 g/mol. The summed E-state index contributed by atoms with van der Waals surface area (Å²) >= 11 is 0. The number of nitrogens with zero attached hydrogens (tertiary/aromatic N) is 3. The van der Waals surface area contributed by atoms with Crippen molar-refractivity contribution in [3.8, 4) is 34.2 Å². The number of rotatable bonds is 3. The van der Waals surface area contributed by atoms with Gasteiger partial charge < -0.3 is 8.83 Å². The predicted molar refractivity (Wildman–Crippen MR) is 80.7 cm³/mol. The molecule has 0 radical (unpaired) electrons. The van der Waals surface area contributed by atoms with Crippen molar-refractivity contribution < 1.29 is 8.83 Å². The molecule has 4 aromatic rings. The zero-order valence-electron chi connectivity index (χ0n) is 11.5. The summed E-state index contributed by atoms with van der Waals surface area (Å²) in [5, 5.41) is 0. The van der Waals surface area contributed by atoms with Crippen molar-refractivity contribution in [2.75, 3.05) is 0 Å². The van der Waals surface area contributed by atoms with Gasteiger partial charge in [0, 0.05) is 24.2 Å². The minimum atomic E-state index is 0.592. The van der Waals surface area contributed by atoms with Gasteiger partial charge in [-0.15, -0.1) is 0 Å². The van der Waals surface area contributed by atoms with E-state index in [1.54, 1.807) is 31.1 Å². The molecular formula is C17H11N3O2. The van der Waals surface area contributed by atoms with E-state index < -0.39 is 0 Å². The van der Waals surface area contributed by atoms with Gasteiger partial charge in [0.25, 0.3) is 0 Å². The number of hydrogen-bond donors (Lipinski definition) is 0. The first-order chi connectivity index (χ1) is 10.9. The quantitative estimate of drug-likeness (QED) is 0.569. The van der Waals surface area contributed by atoms with E-state index in [1.165, 1.54) is 0 Å². The molecule has 0 aliphatic heterocycles. The zero-order valence-corrected chi connectivity index (χ0v) is 11.5. The van der Waals surface area contributed by atoms with Crippen LogP contribution in [-0.4, -0.2) is 15.0 Å². The molecule has 0 N–H and O–H groups in total. The lowest BCUT2D eigenvalue weighted by molar-refractivity contribution is 0.573. The Morgan fingerprint density at radius 2 is 1.64 bits per heavy atom. The van der Waals surface area contributed by atoms with Crippen LogP contribution in [0, 0.1) is 0 Å². The summed E-state index contributed by atoms with van der Waals surface area (Å²) in [6, 6.07) is 11.2. The molecule has 0 aliphatic carbocycles. The topological polar surface area (TPSA) is 65.0 Å². The standard InChI is InChI=1S/C17H11N3O2/c1-4-12(10-18-7-1)17-19-11-13(14-5-2-8-21-14)16(20-17)15-6-3-9-22-15/h1-11H. The van der Waals surface area contributed by atoms with Crippen LogP contribution in [0.5, 0.6) is 0 Å². The van der Waals surface area contributed by atoms with Gasteiger partial charge in [-0.1, -0.05) is 0 Å². The second-order valence-corrected chi connectivity index (χ2v) is 4.65. The molecule has 22 heavy (non-hydrogen) atoms. The van der Waals surface area contributed by atoms with Gasteiger partial charge in [0.15, 0.2) is 11.6 Å². The molecule has 0 amide bonds. The number of furan rings is 2. The molecule has 0 fully saturated rings. The smallest absolute Gasteiger partial charge is 0.161 e. The fraction of sp³-hybridized carbons (Fsp3) is 0. The minimum Gasteiger partial charge on any atom is -0.464 e. The average molecular weight is 289 g/mol. The van der Waals surface area contributed by atoms with Crippen molar-refractivity contribution in [3.63, 3.8) is 0 Å². The van der Waals surface area contributed by atoms with Gasteiger partial charge >= 0.3 is 0 Å². The maximum Gasteiger partial charge on any atom is 0.161 e. The van der Waals surface area contributed by atoms with Crippen LogP contribution in [0.4, 0.5) is 0 Å². The van der Waals surface area contributed by atoms with Crippen LogP contribution in [0.2, 0.25) is 0 Å². The molecular weight excluding hydrogens is 278 g/mol.